The minimum atomic E-state index is -0.544. The van der Waals surface area contributed by atoms with Crippen molar-refractivity contribution < 1.29 is 4.79 Å². The van der Waals surface area contributed by atoms with E-state index in [0.29, 0.717) is 27.0 Å². The summed E-state index contributed by atoms with van der Waals surface area (Å²) in [5.41, 5.74) is 4.35. The Hall–Kier alpha value is -2.94. The van der Waals surface area contributed by atoms with Gasteiger partial charge in [0, 0.05) is 21.2 Å². The molecule has 7 heteroatoms. The van der Waals surface area contributed by atoms with Crippen molar-refractivity contribution in [2.45, 2.75) is 19.5 Å². The fourth-order valence-electron chi connectivity index (χ4n) is 3.25. The number of hydrogen-bond donors (Lipinski definition) is 0. The summed E-state index contributed by atoms with van der Waals surface area (Å²) in [5, 5.41) is 15.9. The van der Waals surface area contributed by atoms with Crippen LogP contribution < -0.4 is 0 Å². The van der Waals surface area contributed by atoms with Gasteiger partial charge in [-0.05, 0) is 42.8 Å². The van der Waals surface area contributed by atoms with Gasteiger partial charge in [-0.25, -0.2) is 5.01 Å². The second-order valence-electron chi connectivity index (χ2n) is 6.48. The lowest BCUT2D eigenvalue weighted by molar-refractivity contribution is -0.131. The van der Waals surface area contributed by atoms with Crippen LogP contribution in [0.2, 0.25) is 10.0 Å². The Morgan fingerprint density at radius 1 is 1.18 bits per heavy atom. The number of hydrogen-bond acceptors (Lipinski definition) is 4. The molecular weight excluding hydrogens is 395 g/mol. The predicted octanol–water partition coefficient (Wildman–Crippen LogP) is 4.69. The van der Waals surface area contributed by atoms with E-state index in [4.69, 9.17) is 33.5 Å². The normalized spacial score (nSPS) is 18.6. The van der Waals surface area contributed by atoms with E-state index in [9.17, 15) is 4.79 Å². The molecule has 2 aromatic rings. The summed E-state index contributed by atoms with van der Waals surface area (Å²) < 4.78 is 0. The van der Waals surface area contributed by atoms with Gasteiger partial charge in [-0.2, -0.15) is 10.4 Å². The highest BCUT2D eigenvalue weighted by atomic mass is 35.5. The van der Waals surface area contributed by atoms with Crippen LogP contribution in [0.15, 0.2) is 58.6 Å². The number of benzene rings is 2. The molecule has 0 spiro atoms. The average molecular weight is 409 g/mol. The van der Waals surface area contributed by atoms with Crippen molar-refractivity contribution in [3.63, 3.8) is 0 Å². The lowest BCUT2D eigenvalue weighted by Gasteiger charge is -2.32. The van der Waals surface area contributed by atoms with E-state index in [0.717, 1.165) is 16.7 Å². The Kier molecular flexibility index (Phi) is 4.76. The number of nitrogens with zero attached hydrogens (tertiary/aromatic N) is 4. The van der Waals surface area contributed by atoms with Crippen molar-refractivity contribution in [3.05, 3.63) is 75.3 Å². The smallest absolute Gasteiger partial charge is 0.251 e. The van der Waals surface area contributed by atoms with E-state index in [-0.39, 0.29) is 12.3 Å². The second-order valence-corrected chi connectivity index (χ2v) is 7.33. The summed E-state index contributed by atoms with van der Waals surface area (Å²) in [5.74, 6) is -0.129. The van der Waals surface area contributed by atoms with Gasteiger partial charge in [-0.15, -0.1) is 0 Å². The molecule has 2 aliphatic heterocycles. The van der Waals surface area contributed by atoms with Gasteiger partial charge in [0.15, 0.2) is 6.17 Å². The molecule has 0 bridgehead atoms. The molecular formula is C21H14Cl2N4O. The van der Waals surface area contributed by atoms with E-state index in [1.54, 1.807) is 36.4 Å². The minimum Gasteiger partial charge on any atom is -0.272 e. The van der Waals surface area contributed by atoms with E-state index in [1.165, 1.54) is 5.01 Å². The Bertz CT molecular complexity index is 1110. The van der Waals surface area contributed by atoms with Crippen LogP contribution in [0.5, 0.6) is 0 Å². The first-order valence-corrected chi connectivity index (χ1v) is 9.34. The third kappa shape index (κ3) is 3.33. The number of amides is 1. The SMILES string of the molecule is CC1=NN2C(=O)CC(c3ccc(C#N)cc3)=NC2C=C1c1ccc(Cl)cc1Cl. The minimum absolute atomic E-state index is 0.129. The number of fused-ring (bicyclic) bond motifs is 1. The Labute approximate surface area is 172 Å². The first-order chi connectivity index (χ1) is 13.5. The standard InChI is InChI=1S/C21H14Cl2N4O/c1-12-17(16-7-6-15(22)8-18(16)23)9-20-25-19(10-21(28)27(20)26-12)14-4-2-13(11-24)3-5-14/h2-9,20H,10H2,1H3. The molecule has 0 aromatic heterocycles. The molecule has 0 saturated carbocycles. The molecule has 28 heavy (non-hydrogen) atoms. The summed E-state index contributed by atoms with van der Waals surface area (Å²) in [6.07, 6.45) is 1.50. The van der Waals surface area contributed by atoms with Crippen molar-refractivity contribution >= 4 is 46.1 Å². The van der Waals surface area contributed by atoms with Crippen LogP contribution in [0.4, 0.5) is 0 Å². The molecule has 0 saturated heterocycles. The number of aliphatic imine (C=N–C) groups is 1. The lowest BCUT2D eigenvalue weighted by atomic mass is 9.98. The molecule has 1 unspecified atom stereocenters. The van der Waals surface area contributed by atoms with Gasteiger partial charge in [0.25, 0.3) is 5.91 Å². The molecule has 2 aliphatic rings. The molecule has 2 aromatic carbocycles. The van der Waals surface area contributed by atoms with E-state index < -0.39 is 6.17 Å². The number of hydrazone groups is 1. The molecule has 4 rings (SSSR count). The maximum absolute atomic E-state index is 12.6. The molecule has 1 amide bonds. The average Bonchev–Trinajstić information content (AvgIpc) is 2.68. The quantitative estimate of drug-likeness (QED) is 0.723. The summed E-state index contributed by atoms with van der Waals surface area (Å²) >= 11 is 12.4. The summed E-state index contributed by atoms with van der Waals surface area (Å²) in [6.45, 7) is 1.83. The van der Waals surface area contributed by atoms with Gasteiger partial charge in [-0.1, -0.05) is 41.4 Å². The van der Waals surface area contributed by atoms with Crippen LogP contribution in [0.3, 0.4) is 0 Å². The highest BCUT2D eigenvalue weighted by Gasteiger charge is 2.32. The van der Waals surface area contributed by atoms with Crippen molar-refractivity contribution in [3.8, 4) is 6.07 Å². The van der Waals surface area contributed by atoms with Crippen molar-refractivity contribution in [1.82, 2.24) is 5.01 Å². The summed E-state index contributed by atoms with van der Waals surface area (Å²) in [4.78, 5) is 17.4. The zero-order valence-corrected chi connectivity index (χ0v) is 16.4. The number of rotatable bonds is 2. The molecule has 138 valence electrons. The Morgan fingerprint density at radius 2 is 1.93 bits per heavy atom. The molecule has 0 N–H and O–H groups in total. The monoisotopic (exact) mass is 408 g/mol. The third-order valence-corrected chi connectivity index (χ3v) is 5.19. The van der Waals surface area contributed by atoms with E-state index in [1.807, 2.05) is 19.1 Å². The van der Waals surface area contributed by atoms with Gasteiger partial charge in [0.05, 0.1) is 29.5 Å². The number of carbonyl (C=O) groups excluding carboxylic acids is 1. The number of halogens is 2. The molecule has 0 radical (unpaired) electrons. The number of allylic oxidation sites excluding steroid dienone is 1. The van der Waals surface area contributed by atoms with Crippen LogP contribution in [0.1, 0.15) is 30.0 Å². The first kappa shape index (κ1) is 18.4. The maximum Gasteiger partial charge on any atom is 0.251 e. The number of nitriles is 1. The van der Waals surface area contributed by atoms with Gasteiger partial charge < -0.3 is 0 Å². The predicted molar refractivity (Wildman–Crippen MR) is 110 cm³/mol. The van der Waals surface area contributed by atoms with Crippen LogP contribution in [0, 0.1) is 11.3 Å². The number of carbonyl (C=O) groups is 1. The van der Waals surface area contributed by atoms with Crippen LogP contribution in [0.25, 0.3) is 5.57 Å². The van der Waals surface area contributed by atoms with Crippen molar-refractivity contribution in [2.75, 3.05) is 0 Å². The highest BCUT2D eigenvalue weighted by molar-refractivity contribution is 6.38. The molecule has 0 fully saturated rings. The van der Waals surface area contributed by atoms with Crippen LogP contribution >= 0.6 is 23.2 Å². The first-order valence-electron chi connectivity index (χ1n) is 8.58. The fraction of sp³-hybridized carbons (Fsp3) is 0.143. The van der Waals surface area contributed by atoms with E-state index in [2.05, 4.69) is 11.2 Å². The second kappa shape index (κ2) is 7.23. The van der Waals surface area contributed by atoms with Gasteiger partial charge in [-0.3, -0.25) is 9.79 Å². The van der Waals surface area contributed by atoms with Crippen LogP contribution in [-0.2, 0) is 4.79 Å². The van der Waals surface area contributed by atoms with E-state index >= 15 is 0 Å². The van der Waals surface area contributed by atoms with Gasteiger partial charge >= 0.3 is 0 Å². The Balaban J connectivity index is 1.75. The van der Waals surface area contributed by atoms with Gasteiger partial charge in [0.2, 0.25) is 0 Å². The molecule has 2 heterocycles. The van der Waals surface area contributed by atoms with Gasteiger partial charge in [0.1, 0.15) is 0 Å². The van der Waals surface area contributed by atoms with Crippen molar-refractivity contribution in [1.29, 1.82) is 5.26 Å². The highest BCUT2D eigenvalue weighted by Crippen LogP contribution is 2.32. The van der Waals surface area contributed by atoms with Crippen molar-refractivity contribution in [2.24, 2.45) is 10.1 Å². The largest absolute Gasteiger partial charge is 0.272 e. The maximum atomic E-state index is 12.6. The van der Waals surface area contributed by atoms with Crippen LogP contribution in [-0.4, -0.2) is 28.5 Å². The molecule has 0 aliphatic carbocycles. The third-order valence-electron chi connectivity index (χ3n) is 4.64. The summed E-state index contributed by atoms with van der Waals surface area (Å²) in [7, 11) is 0. The Morgan fingerprint density at radius 3 is 2.61 bits per heavy atom. The molecule has 1 atom stereocenters. The summed E-state index contributed by atoms with van der Waals surface area (Å²) in [6, 6.07) is 14.4. The lowest BCUT2D eigenvalue weighted by Crippen LogP contribution is -2.42. The topological polar surface area (TPSA) is 68.8 Å². The zero-order valence-electron chi connectivity index (χ0n) is 14.9. The fourth-order valence-corrected chi connectivity index (χ4v) is 3.76. The molecule has 5 nitrogen and oxygen atoms in total. The zero-order chi connectivity index (χ0) is 19.8.